The predicted molar refractivity (Wildman–Crippen MR) is 98.7 cm³/mol. The second kappa shape index (κ2) is 6.77. The van der Waals surface area contributed by atoms with Gasteiger partial charge in [-0.05, 0) is 35.2 Å². The van der Waals surface area contributed by atoms with Gasteiger partial charge in [0.05, 0.1) is 22.8 Å². The quantitative estimate of drug-likeness (QED) is 0.707. The highest BCUT2D eigenvalue weighted by Crippen LogP contribution is 2.29. The molecule has 1 N–H and O–H groups in total. The summed E-state index contributed by atoms with van der Waals surface area (Å²) in [4.78, 5) is 5.90. The van der Waals surface area contributed by atoms with Crippen LogP contribution in [0, 0.1) is 0 Å². The second-order valence-corrected chi connectivity index (χ2v) is 6.96. The Balaban J connectivity index is 1.49. The van der Waals surface area contributed by atoms with E-state index in [1.807, 2.05) is 18.2 Å². The van der Waals surface area contributed by atoms with E-state index in [0.29, 0.717) is 16.7 Å². The van der Waals surface area contributed by atoms with Crippen LogP contribution in [0.2, 0.25) is 10.0 Å². The normalized spacial score (nSPS) is 19.0. The maximum absolute atomic E-state index is 6.14. The fraction of sp³-hybridized carbons (Fsp3) is 0.263. The molecule has 0 radical (unpaired) electrons. The Labute approximate surface area is 151 Å². The summed E-state index contributed by atoms with van der Waals surface area (Å²) in [6.45, 7) is 3.36. The Bertz CT molecular complexity index is 828. The summed E-state index contributed by atoms with van der Waals surface area (Å²) in [5, 5.41) is 2.40. The zero-order valence-corrected chi connectivity index (χ0v) is 14.6. The zero-order valence-electron chi connectivity index (χ0n) is 13.1. The van der Waals surface area contributed by atoms with Gasteiger partial charge in [0.2, 0.25) is 0 Å². The Hall–Kier alpha value is -1.52. The molecule has 4 rings (SSSR count). The van der Waals surface area contributed by atoms with E-state index in [4.69, 9.17) is 27.9 Å². The molecular weight excluding hydrogens is 343 g/mol. The summed E-state index contributed by atoms with van der Waals surface area (Å²) in [5.41, 5.74) is 3.48. The zero-order chi connectivity index (χ0) is 16.5. The summed E-state index contributed by atoms with van der Waals surface area (Å²) in [6, 6.07) is 16.3. The fourth-order valence-electron chi connectivity index (χ4n) is 3.22. The molecule has 1 saturated heterocycles. The van der Waals surface area contributed by atoms with Crippen LogP contribution >= 0.6 is 23.2 Å². The van der Waals surface area contributed by atoms with Crippen molar-refractivity contribution in [2.45, 2.75) is 12.6 Å². The Morgan fingerprint density at radius 2 is 1.96 bits per heavy atom. The Morgan fingerprint density at radius 1 is 1.08 bits per heavy atom. The lowest BCUT2D eigenvalue weighted by molar-refractivity contribution is -0.0332. The average molecular weight is 361 g/mol. The smallest absolute Gasteiger partial charge is 0.0953 e. The summed E-state index contributed by atoms with van der Waals surface area (Å²) in [5.74, 6) is 0. The second-order valence-electron chi connectivity index (χ2n) is 6.15. The standard InChI is InChI=1S/C19H18Cl2N2O/c20-16-6-5-14(10-17(16)21)19-12-23(7-8-24-19)11-15-9-13-3-1-2-4-18(13)22-15/h1-6,9-10,19,22H,7-8,11-12H2/t19-/m0/s1. The van der Waals surface area contributed by atoms with Crippen LogP contribution in [0.3, 0.4) is 0 Å². The molecule has 3 nitrogen and oxygen atoms in total. The lowest BCUT2D eigenvalue weighted by atomic mass is 10.1. The van der Waals surface area contributed by atoms with Gasteiger partial charge in [-0.2, -0.15) is 0 Å². The molecule has 0 unspecified atom stereocenters. The molecule has 24 heavy (non-hydrogen) atoms. The van der Waals surface area contributed by atoms with Crippen molar-refractivity contribution in [3.05, 3.63) is 69.8 Å². The third-order valence-electron chi connectivity index (χ3n) is 4.45. The first-order valence-corrected chi connectivity index (χ1v) is 8.80. The van der Waals surface area contributed by atoms with E-state index < -0.39 is 0 Å². The van der Waals surface area contributed by atoms with Gasteiger partial charge >= 0.3 is 0 Å². The number of para-hydroxylation sites is 1. The molecule has 5 heteroatoms. The molecule has 1 fully saturated rings. The minimum absolute atomic E-state index is 0.0258. The topological polar surface area (TPSA) is 28.3 Å². The highest BCUT2D eigenvalue weighted by Gasteiger charge is 2.23. The van der Waals surface area contributed by atoms with Gasteiger partial charge in [0.15, 0.2) is 0 Å². The van der Waals surface area contributed by atoms with E-state index in [1.165, 1.54) is 16.6 Å². The largest absolute Gasteiger partial charge is 0.371 e. The summed E-state index contributed by atoms with van der Waals surface area (Å²) in [7, 11) is 0. The first kappa shape index (κ1) is 16.0. The molecule has 0 saturated carbocycles. The van der Waals surface area contributed by atoms with Crippen molar-refractivity contribution in [2.24, 2.45) is 0 Å². The Morgan fingerprint density at radius 3 is 2.79 bits per heavy atom. The molecule has 0 spiro atoms. The number of nitrogens with zero attached hydrogens (tertiary/aromatic N) is 1. The van der Waals surface area contributed by atoms with Gasteiger partial charge < -0.3 is 9.72 Å². The third kappa shape index (κ3) is 3.31. The summed E-state index contributed by atoms with van der Waals surface area (Å²) < 4.78 is 5.93. The summed E-state index contributed by atoms with van der Waals surface area (Å²) in [6.07, 6.45) is 0.0258. The first-order chi connectivity index (χ1) is 11.7. The maximum atomic E-state index is 6.14. The number of rotatable bonds is 3. The van der Waals surface area contributed by atoms with Crippen molar-refractivity contribution >= 4 is 34.1 Å². The van der Waals surface area contributed by atoms with Crippen LogP contribution in [-0.4, -0.2) is 29.6 Å². The minimum atomic E-state index is 0.0258. The van der Waals surface area contributed by atoms with Crippen LogP contribution in [0.4, 0.5) is 0 Å². The number of H-pyrrole nitrogens is 1. The van der Waals surface area contributed by atoms with E-state index >= 15 is 0 Å². The molecule has 124 valence electrons. The van der Waals surface area contributed by atoms with Crippen molar-refractivity contribution in [1.82, 2.24) is 9.88 Å². The molecule has 2 aromatic carbocycles. The van der Waals surface area contributed by atoms with Crippen molar-refractivity contribution in [1.29, 1.82) is 0 Å². The number of nitrogens with one attached hydrogen (secondary N) is 1. The fourth-order valence-corrected chi connectivity index (χ4v) is 3.53. The Kier molecular flexibility index (Phi) is 4.51. The van der Waals surface area contributed by atoms with E-state index in [0.717, 1.165) is 25.2 Å². The number of fused-ring (bicyclic) bond motifs is 1. The maximum Gasteiger partial charge on any atom is 0.0953 e. The number of benzene rings is 2. The molecule has 1 aliphatic heterocycles. The lowest BCUT2D eigenvalue weighted by Crippen LogP contribution is -2.37. The van der Waals surface area contributed by atoms with Crippen LogP contribution in [-0.2, 0) is 11.3 Å². The highest BCUT2D eigenvalue weighted by molar-refractivity contribution is 6.42. The van der Waals surface area contributed by atoms with Crippen LogP contribution in [0.15, 0.2) is 48.5 Å². The molecule has 0 bridgehead atoms. The molecular formula is C19H18Cl2N2O. The van der Waals surface area contributed by atoms with Gasteiger partial charge in [0.25, 0.3) is 0 Å². The third-order valence-corrected chi connectivity index (χ3v) is 5.18. The van der Waals surface area contributed by atoms with Crippen LogP contribution < -0.4 is 0 Å². The number of aromatic amines is 1. The van der Waals surface area contributed by atoms with E-state index in [9.17, 15) is 0 Å². The molecule has 0 aliphatic carbocycles. The SMILES string of the molecule is Clc1ccc([C@@H]2CN(Cc3cc4ccccc4[nH]3)CCO2)cc1Cl. The van der Waals surface area contributed by atoms with Crippen molar-refractivity contribution in [2.75, 3.05) is 19.7 Å². The van der Waals surface area contributed by atoms with E-state index in [2.05, 4.69) is 40.2 Å². The van der Waals surface area contributed by atoms with Crippen LogP contribution in [0.25, 0.3) is 10.9 Å². The van der Waals surface area contributed by atoms with Gasteiger partial charge in [-0.3, -0.25) is 4.90 Å². The van der Waals surface area contributed by atoms with Crippen molar-refractivity contribution < 1.29 is 4.74 Å². The van der Waals surface area contributed by atoms with E-state index in [1.54, 1.807) is 0 Å². The average Bonchev–Trinajstić information content (AvgIpc) is 3.00. The number of morpholine rings is 1. The molecule has 1 aromatic heterocycles. The number of ether oxygens (including phenoxy) is 1. The number of halogens is 2. The van der Waals surface area contributed by atoms with Crippen molar-refractivity contribution in [3.63, 3.8) is 0 Å². The predicted octanol–water partition coefficient (Wildman–Crippen LogP) is 5.05. The molecule has 0 amide bonds. The number of hydrogen-bond acceptors (Lipinski definition) is 2. The molecule has 2 heterocycles. The van der Waals surface area contributed by atoms with E-state index in [-0.39, 0.29) is 6.10 Å². The monoisotopic (exact) mass is 360 g/mol. The van der Waals surface area contributed by atoms with Gasteiger partial charge in [-0.1, -0.05) is 47.5 Å². The van der Waals surface area contributed by atoms with Gasteiger partial charge in [-0.15, -0.1) is 0 Å². The minimum Gasteiger partial charge on any atom is -0.371 e. The highest BCUT2D eigenvalue weighted by atomic mass is 35.5. The molecule has 1 aliphatic rings. The summed E-state index contributed by atoms with van der Waals surface area (Å²) >= 11 is 12.1. The number of aromatic nitrogens is 1. The molecule has 1 atom stereocenters. The van der Waals surface area contributed by atoms with Crippen LogP contribution in [0.5, 0.6) is 0 Å². The van der Waals surface area contributed by atoms with Gasteiger partial charge in [0, 0.05) is 30.8 Å². The lowest BCUT2D eigenvalue weighted by Gasteiger charge is -2.33. The van der Waals surface area contributed by atoms with Crippen molar-refractivity contribution in [3.8, 4) is 0 Å². The van der Waals surface area contributed by atoms with Crippen LogP contribution in [0.1, 0.15) is 17.4 Å². The number of hydrogen-bond donors (Lipinski definition) is 1. The van der Waals surface area contributed by atoms with Gasteiger partial charge in [-0.25, -0.2) is 0 Å². The van der Waals surface area contributed by atoms with Gasteiger partial charge in [0.1, 0.15) is 0 Å². The molecule has 3 aromatic rings. The first-order valence-electron chi connectivity index (χ1n) is 8.04.